The van der Waals surface area contributed by atoms with Crippen molar-refractivity contribution in [2.24, 2.45) is 5.73 Å². The average Bonchev–Trinajstić information content (AvgIpc) is 2.46. The summed E-state index contributed by atoms with van der Waals surface area (Å²) in [5, 5.41) is 3.31. The molecule has 0 aliphatic rings. The zero-order valence-corrected chi connectivity index (χ0v) is 17.1. The summed E-state index contributed by atoms with van der Waals surface area (Å²) in [7, 11) is 0. The molecule has 0 unspecified atom stereocenters. The number of unbranched alkanes of at least 4 members (excludes halogenated alkanes) is 2. The second kappa shape index (κ2) is 12.7. The number of nitrogens with two attached hydrogens (primary N) is 1. The summed E-state index contributed by atoms with van der Waals surface area (Å²) in [6, 6.07) is 0.239. The first-order valence-corrected chi connectivity index (χ1v) is 14.6. The third kappa shape index (κ3) is 10.5. The first-order chi connectivity index (χ1) is 9.99. The predicted molar refractivity (Wildman–Crippen MR) is 89.4 cm³/mol. The number of carbonyl (C=O) groups excluding carboxylic acids is 1. The van der Waals surface area contributed by atoms with Gasteiger partial charge in [-0.15, -0.1) is 0 Å². The zero-order chi connectivity index (χ0) is 16.1. The van der Waals surface area contributed by atoms with E-state index in [-0.39, 0.29) is 12.0 Å². The van der Waals surface area contributed by atoms with Gasteiger partial charge in [-0.1, -0.05) is 0 Å². The van der Waals surface area contributed by atoms with Crippen LogP contribution < -0.4 is 11.1 Å². The molecule has 0 fully saturated rings. The molecule has 0 aliphatic heterocycles. The summed E-state index contributed by atoms with van der Waals surface area (Å²) in [6.45, 7) is 9.92. The summed E-state index contributed by atoms with van der Waals surface area (Å²) in [5.74, 6) is -0.180. The van der Waals surface area contributed by atoms with Gasteiger partial charge < -0.3 is 0 Å². The van der Waals surface area contributed by atoms with Crippen LogP contribution in [0.1, 0.15) is 53.4 Å². The van der Waals surface area contributed by atoms with Crippen molar-refractivity contribution in [3.63, 3.8) is 0 Å². The van der Waals surface area contributed by atoms with E-state index in [0.29, 0.717) is 13.2 Å². The van der Waals surface area contributed by atoms with Gasteiger partial charge in [0.2, 0.25) is 0 Å². The summed E-state index contributed by atoms with van der Waals surface area (Å²) in [4.78, 5) is 11.5. The molecule has 0 saturated heterocycles. The van der Waals surface area contributed by atoms with Crippen LogP contribution in [0.2, 0.25) is 8.87 Å². The Kier molecular flexibility index (Phi) is 12.8. The van der Waals surface area contributed by atoms with E-state index in [1.807, 2.05) is 0 Å². The fourth-order valence-electron chi connectivity index (χ4n) is 2.22. The summed E-state index contributed by atoms with van der Waals surface area (Å²) >= 11 is -3.27. The van der Waals surface area contributed by atoms with Crippen molar-refractivity contribution in [3.05, 3.63) is 0 Å². The van der Waals surface area contributed by atoms with E-state index in [2.05, 4.69) is 26.1 Å². The summed E-state index contributed by atoms with van der Waals surface area (Å²) < 4.78 is 14.0. The van der Waals surface area contributed by atoms with Crippen molar-refractivity contribution >= 4 is 25.2 Å². The van der Waals surface area contributed by atoms with Crippen molar-refractivity contribution in [2.75, 3.05) is 19.7 Å². The van der Waals surface area contributed by atoms with Crippen LogP contribution in [0.15, 0.2) is 0 Å². The first-order valence-electron chi connectivity index (χ1n) is 8.26. The number of rotatable bonds is 13. The molecular weight excluding hydrogens is 375 g/mol. The Morgan fingerprint density at radius 2 is 1.81 bits per heavy atom. The van der Waals surface area contributed by atoms with E-state index >= 15 is 0 Å². The Bertz CT molecular complexity index is 270. The van der Waals surface area contributed by atoms with Crippen molar-refractivity contribution in [3.8, 4) is 0 Å². The summed E-state index contributed by atoms with van der Waals surface area (Å²) in [5.41, 5.74) is 5.50. The molecule has 0 aromatic rings. The molecule has 0 aliphatic carbocycles. The van der Waals surface area contributed by atoms with Crippen molar-refractivity contribution in [1.29, 1.82) is 0 Å². The van der Waals surface area contributed by atoms with E-state index in [1.54, 1.807) is 0 Å². The molecule has 5 nitrogen and oxygen atoms in total. The van der Waals surface area contributed by atoms with Gasteiger partial charge in [-0.3, -0.25) is 0 Å². The van der Waals surface area contributed by atoms with Crippen molar-refractivity contribution in [1.82, 2.24) is 5.32 Å². The van der Waals surface area contributed by atoms with E-state index in [9.17, 15) is 4.79 Å². The Labute approximate surface area is 135 Å². The molecule has 0 aromatic heterocycles. The Morgan fingerprint density at radius 1 is 1.24 bits per heavy atom. The quantitative estimate of drug-likeness (QED) is 0.458. The van der Waals surface area contributed by atoms with Crippen LogP contribution >= 0.6 is 0 Å². The maximum absolute atomic E-state index is 11.5. The van der Waals surface area contributed by atoms with Gasteiger partial charge >= 0.3 is 135 Å². The van der Waals surface area contributed by atoms with Crippen molar-refractivity contribution < 1.29 is 10.9 Å². The van der Waals surface area contributed by atoms with E-state index in [4.69, 9.17) is 11.9 Å². The van der Waals surface area contributed by atoms with Gasteiger partial charge in [0.1, 0.15) is 0 Å². The molecule has 21 heavy (non-hydrogen) atoms. The topological polar surface area (TPSA) is 73.6 Å². The second-order valence-electron chi connectivity index (χ2n) is 5.67. The monoisotopic (exact) mass is 410 g/mol. The molecule has 126 valence electrons. The molecule has 0 amide bonds. The minimum atomic E-state index is -3.27. The molecule has 0 saturated carbocycles. The van der Waals surface area contributed by atoms with E-state index in [1.165, 1.54) is 6.92 Å². The van der Waals surface area contributed by atoms with E-state index < -0.39 is 19.2 Å². The van der Waals surface area contributed by atoms with Crippen LogP contribution in [0.4, 0.5) is 0 Å². The third-order valence-corrected chi connectivity index (χ3v) is 13.6. The maximum atomic E-state index is 11.5. The normalized spacial score (nSPS) is 13.2. The predicted octanol–water partition coefficient (Wildman–Crippen LogP) is 2.55. The molecule has 0 spiro atoms. The Morgan fingerprint density at radius 3 is 2.24 bits per heavy atom. The molecule has 6 heteroatoms. The number of hydrogen-bond acceptors (Lipinski definition) is 5. The summed E-state index contributed by atoms with van der Waals surface area (Å²) in [6.07, 6.45) is 4.38. The van der Waals surface area contributed by atoms with Gasteiger partial charge in [-0.25, -0.2) is 0 Å². The molecule has 0 bridgehead atoms. The van der Waals surface area contributed by atoms with Gasteiger partial charge in [-0.05, 0) is 0 Å². The van der Waals surface area contributed by atoms with Gasteiger partial charge in [0.25, 0.3) is 0 Å². The molecule has 3 N–H and O–H groups in total. The molecule has 0 heterocycles. The second-order valence-corrected chi connectivity index (χ2v) is 15.1. The number of hydrogen-bond donors (Lipinski definition) is 2. The molecule has 0 radical (unpaired) electrons. The Balaban J connectivity index is 4.66. The molecule has 1 atom stereocenters. The van der Waals surface area contributed by atoms with Crippen LogP contribution in [0.3, 0.4) is 0 Å². The molecule has 0 aromatic carbocycles. The zero-order valence-electron chi connectivity index (χ0n) is 14.2. The van der Waals surface area contributed by atoms with Gasteiger partial charge in [0.15, 0.2) is 0 Å². The van der Waals surface area contributed by atoms with Crippen LogP contribution in [0.5, 0.6) is 0 Å². The van der Waals surface area contributed by atoms with Crippen LogP contribution in [0, 0.1) is 0 Å². The minimum absolute atomic E-state index is 0.180. The fourth-order valence-corrected chi connectivity index (χ4v) is 12.7. The fraction of sp³-hybridized carbons (Fsp3) is 0.933. The first kappa shape index (κ1) is 21.1. The van der Waals surface area contributed by atoms with Crippen LogP contribution in [-0.4, -0.2) is 50.9 Å². The number of nitrogens with one attached hydrogen (secondary N) is 1. The average molecular weight is 409 g/mol. The third-order valence-electron chi connectivity index (χ3n) is 3.39. The van der Waals surface area contributed by atoms with Gasteiger partial charge in [-0.2, -0.15) is 0 Å². The standard InChI is InChI=1S/C5H13N2O.2C4H9.C2H4O2.Sn/c1-5(4-8)7-3-2-6;2*1-3-4-2;1-2(3)4;/h5,7H,2-4,6H2,1H3;2*1,3-4H2,2H3;1H3,(H,3,4);/q-1;;;;+2/p-1/t5-;;;;/m1..../s1. The van der Waals surface area contributed by atoms with Crippen molar-refractivity contribution in [2.45, 2.75) is 68.3 Å². The van der Waals surface area contributed by atoms with Crippen LogP contribution in [0.25, 0.3) is 0 Å². The van der Waals surface area contributed by atoms with Gasteiger partial charge in [0, 0.05) is 0 Å². The molecular formula is C15H34N2O3Sn. The SMILES string of the molecule is CCC[CH2][Sn]([CH2]CCC)([O]C[C@@H](C)NCCN)[O]C(C)=O. The van der Waals surface area contributed by atoms with E-state index in [0.717, 1.165) is 41.1 Å². The van der Waals surface area contributed by atoms with Crippen LogP contribution in [-0.2, 0) is 10.9 Å². The number of carbonyl (C=O) groups is 1. The molecule has 0 rings (SSSR count). The Hall–Kier alpha value is 0.149. The van der Waals surface area contributed by atoms with Gasteiger partial charge in [0.05, 0.1) is 0 Å².